The van der Waals surface area contributed by atoms with Crippen molar-refractivity contribution in [2.75, 3.05) is 18.0 Å². The molecular weight excluding hydrogens is 174 g/mol. The second-order valence-corrected chi connectivity index (χ2v) is 4.12. The van der Waals surface area contributed by atoms with E-state index in [1.807, 2.05) is 6.07 Å². The smallest absolute Gasteiger partial charge is 0.131 e. The van der Waals surface area contributed by atoms with Crippen LogP contribution in [0, 0.1) is 17.2 Å². The molecule has 1 unspecified atom stereocenters. The molecule has 1 atom stereocenters. The van der Waals surface area contributed by atoms with Crippen LogP contribution in [-0.4, -0.2) is 18.1 Å². The normalized spacial score (nSPS) is 23.1. The molecule has 3 heteroatoms. The summed E-state index contributed by atoms with van der Waals surface area (Å²) in [6, 6.07) is 4.14. The third-order valence-corrected chi connectivity index (χ3v) is 3.17. The number of nitriles is 1. The zero-order valence-electron chi connectivity index (χ0n) is 7.90. The van der Waals surface area contributed by atoms with E-state index in [9.17, 15) is 0 Å². The highest BCUT2D eigenvalue weighted by Gasteiger charge is 2.31. The Hall–Kier alpha value is -1.56. The molecule has 0 radical (unpaired) electrons. The molecule has 1 aromatic rings. The minimum Gasteiger partial charge on any atom is -0.356 e. The fraction of sp³-hybridized carbons (Fsp3) is 0.455. The van der Waals surface area contributed by atoms with Gasteiger partial charge >= 0.3 is 0 Å². The zero-order valence-corrected chi connectivity index (χ0v) is 7.90. The highest BCUT2D eigenvalue weighted by Crippen LogP contribution is 2.34. The summed E-state index contributed by atoms with van der Waals surface area (Å²) in [6.07, 6.45) is 4.06. The first-order chi connectivity index (χ1) is 6.86. The third-order valence-electron chi connectivity index (χ3n) is 3.17. The summed E-state index contributed by atoms with van der Waals surface area (Å²) < 4.78 is 0. The van der Waals surface area contributed by atoms with E-state index in [0.29, 0.717) is 5.56 Å². The summed E-state index contributed by atoms with van der Waals surface area (Å²) >= 11 is 0. The van der Waals surface area contributed by atoms with E-state index in [4.69, 9.17) is 5.26 Å². The molecule has 1 saturated heterocycles. The van der Waals surface area contributed by atoms with Crippen LogP contribution in [0.5, 0.6) is 0 Å². The Kier molecular flexibility index (Phi) is 1.51. The van der Waals surface area contributed by atoms with E-state index >= 15 is 0 Å². The predicted octanol–water partition coefficient (Wildman–Crippen LogP) is 1.34. The van der Waals surface area contributed by atoms with Crippen molar-refractivity contribution in [3.05, 3.63) is 23.4 Å². The summed E-state index contributed by atoms with van der Waals surface area (Å²) in [6.45, 7) is 2.29. The third kappa shape index (κ3) is 1.00. The van der Waals surface area contributed by atoms with Crippen LogP contribution < -0.4 is 4.90 Å². The number of nitrogens with zero attached hydrogens (tertiary/aromatic N) is 3. The lowest BCUT2D eigenvalue weighted by Gasteiger charge is -2.25. The maximum atomic E-state index is 8.78. The fourth-order valence-electron chi connectivity index (χ4n) is 2.50. The molecule has 0 saturated carbocycles. The number of pyridine rings is 1. The van der Waals surface area contributed by atoms with Crippen LogP contribution in [0.2, 0.25) is 0 Å². The summed E-state index contributed by atoms with van der Waals surface area (Å²) in [4.78, 5) is 6.71. The Bertz CT molecular complexity index is 419. The van der Waals surface area contributed by atoms with Crippen molar-refractivity contribution < 1.29 is 0 Å². The van der Waals surface area contributed by atoms with Crippen molar-refractivity contribution >= 4 is 5.82 Å². The van der Waals surface area contributed by atoms with Gasteiger partial charge in [0, 0.05) is 19.3 Å². The average Bonchev–Trinajstić information content (AvgIpc) is 2.61. The number of anilines is 1. The van der Waals surface area contributed by atoms with Crippen molar-refractivity contribution in [1.29, 1.82) is 5.26 Å². The molecule has 3 heterocycles. The monoisotopic (exact) mass is 185 g/mol. The molecule has 0 spiro atoms. The molecule has 70 valence electrons. The van der Waals surface area contributed by atoms with Crippen LogP contribution in [0.25, 0.3) is 0 Å². The molecule has 3 nitrogen and oxygen atoms in total. The predicted molar refractivity (Wildman–Crippen MR) is 53.0 cm³/mol. The van der Waals surface area contributed by atoms with Gasteiger partial charge in [0.15, 0.2) is 0 Å². The van der Waals surface area contributed by atoms with Gasteiger partial charge in [0.2, 0.25) is 0 Å². The number of rotatable bonds is 0. The fourth-order valence-corrected chi connectivity index (χ4v) is 2.50. The van der Waals surface area contributed by atoms with Gasteiger partial charge in [0.25, 0.3) is 0 Å². The van der Waals surface area contributed by atoms with E-state index in [-0.39, 0.29) is 0 Å². The molecule has 0 N–H and O–H groups in total. The zero-order chi connectivity index (χ0) is 9.54. The van der Waals surface area contributed by atoms with Gasteiger partial charge in [-0.2, -0.15) is 5.26 Å². The largest absolute Gasteiger partial charge is 0.356 e. The molecule has 0 aromatic carbocycles. The Morgan fingerprint density at radius 2 is 2.50 bits per heavy atom. The first-order valence-electron chi connectivity index (χ1n) is 5.01. The minimum absolute atomic E-state index is 0.686. The average molecular weight is 185 g/mol. The lowest BCUT2D eigenvalue weighted by atomic mass is 9.96. The van der Waals surface area contributed by atoms with Crippen LogP contribution in [-0.2, 0) is 6.42 Å². The van der Waals surface area contributed by atoms with Crippen molar-refractivity contribution in [3.63, 3.8) is 0 Å². The lowest BCUT2D eigenvalue weighted by Crippen LogP contribution is -2.27. The standard InChI is InChI=1S/C11H11N3/c12-5-9-4-10-3-8-1-2-14(7-8)11(10)13-6-9/h4,6,8H,1-3,7H2. The molecular formula is C11H11N3. The van der Waals surface area contributed by atoms with Crippen molar-refractivity contribution in [2.45, 2.75) is 12.8 Å². The maximum absolute atomic E-state index is 8.78. The van der Waals surface area contributed by atoms with Crippen molar-refractivity contribution in [1.82, 2.24) is 4.98 Å². The number of hydrogen-bond donors (Lipinski definition) is 0. The van der Waals surface area contributed by atoms with E-state index in [0.717, 1.165) is 31.2 Å². The second-order valence-electron chi connectivity index (χ2n) is 4.12. The maximum Gasteiger partial charge on any atom is 0.131 e. The summed E-state index contributed by atoms with van der Waals surface area (Å²) in [7, 11) is 0. The van der Waals surface area contributed by atoms with Gasteiger partial charge in [-0.1, -0.05) is 0 Å². The molecule has 1 fully saturated rings. The van der Waals surface area contributed by atoms with Crippen LogP contribution in [0.4, 0.5) is 5.82 Å². The molecule has 3 rings (SSSR count). The Morgan fingerprint density at radius 1 is 1.57 bits per heavy atom. The Balaban J connectivity index is 2.10. The first-order valence-corrected chi connectivity index (χ1v) is 5.01. The van der Waals surface area contributed by atoms with Crippen molar-refractivity contribution in [3.8, 4) is 6.07 Å². The van der Waals surface area contributed by atoms with E-state index < -0.39 is 0 Å². The molecule has 0 amide bonds. The van der Waals surface area contributed by atoms with Crippen molar-refractivity contribution in [2.24, 2.45) is 5.92 Å². The lowest BCUT2D eigenvalue weighted by molar-refractivity contribution is 0.572. The SMILES string of the molecule is N#Cc1cnc2c(c1)CC1CCN2C1. The van der Waals surface area contributed by atoms with E-state index in [2.05, 4.69) is 16.0 Å². The van der Waals surface area contributed by atoms with Crippen LogP contribution in [0.15, 0.2) is 12.3 Å². The molecule has 2 aliphatic heterocycles. The van der Waals surface area contributed by atoms with Gasteiger partial charge in [-0.05, 0) is 30.4 Å². The van der Waals surface area contributed by atoms with Gasteiger partial charge in [-0.3, -0.25) is 0 Å². The molecule has 2 bridgehead atoms. The number of hydrogen-bond acceptors (Lipinski definition) is 3. The second kappa shape index (κ2) is 2.71. The van der Waals surface area contributed by atoms with Gasteiger partial charge in [0.1, 0.15) is 11.9 Å². The Morgan fingerprint density at radius 3 is 3.36 bits per heavy atom. The van der Waals surface area contributed by atoms with E-state index in [1.54, 1.807) is 6.20 Å². The first kappa shape index (κ1) is 7.81. The van der Waals surface area contributed by atoms with Crippen LogP contribution in [0.1, 0.15) is 17.5 Å². The molecule has 2 aliphatic rings. The highest BCUT2D eigenvalue weighted by atomic mass is 15.2. The van der Waals surface area contributed by atoms with Gasteiger partial charge in [-0.25, -0.2) is 4.98 Å². The van der Waals surface area contributed by atoms with Crippen LogP contribution >= 0.6 is 0 Å². The summed E-state index contributed by atoms with van der Waals surface area (Å²) in [5, 5.41) is 8.78. The summed E-state index contributed by atoms with van der Waals surface area (Å²) in [5.74, 6) is 1.90. The van der Waals surface area contributed by atoms with Gasteiger partial charge in [0.05, 0.1) is 5.56 Å². The molecule has 14 heavy (non-hydrogen) atoms. The quantitative estimate of drug-likeness (QED) is 0.612. The highest BCUT2D eigenvalue weighted by molar-refractivity contribution is 5.53. The molecule has 0 aliphatic carbocycles. The Labute approximate surface area is 83.0 Å². The minimum atomic E-state index is 0.686. The number of fused-ring (bicyclic) bond motifs is 4. The van der Waals surface area contributed by atoms with E-state index in [1.165, 1.54) is 12.0 Å². The van der Waals surface area contributed by atoms with Gasteiger partial charge < -0.3 is 4.90 Å². The van der Waals surface area contributed by atoms with Crippen LogP contribution in [0.3, 0.4) is 0 Å². The molecule has 1 aromatic heterocycles. The summed E-state index contributed by atoms with van der Waals surface area (Å²) in [5.41, 5.74) is 1.95. The number of aromatic nitrogens is 1. The van der Waals surface area contributed by atoms with Gasteiger partial charge in [-0.15, -0.1) is 0 Å². The topological polar surface area (TPSA) is 39.9 Å².